The summed E-state index contributed by atoms with van der Waals surface area (Å²) < 4.78 is 2.65. The normalized spacial score (nSPS) is 11.5. The summed E-state index contributed by atoms with van der Waals surface area (Å²) in [4.78, 5) is 2.39. The lowest BCUT2D eigenvalue weighted by atomic mass is 9.97. The molecule has 1 nitrogen and oxygen atoms in total. The summed E-state index contributed by atoms with van der Waals surface area (Å²) in [5.74, 6) is 0. The summed E-state index contributed by atoms with van der Waals surface area (Å²) in [5.41, 5.74) is 8.24. The molecule has 0 fully saturated rings. The molecule has 0 bridgehead atoms. The lowest BCUT2D eigenvalue weighted by molar-refractivity contribution is 1.29. The van der Waals surface area contributed by atoms with Gasteiger partial charge in [-0.1, -0.05) is 121 Å². The van der Waals surface area contributed by atoms with Crippen LogP contribution in [0.5, 0.6) is 0 Å². The van der Waals surface area contributed by atoms with Crippen LogP contribution in [-0.4, -0.2) is 0 Å². The van der Waals surface area contributed by atoms with Crippen molar-refractivity contribution < 1.29 is 0 Å². The van der Waals surface area contributed by atoms with E-state index in [9.17, 15) is 0 Å². The smallest absolute Gasteiger partial charge is 0.0468 e. The summed E-state index contributed by atoms with van der Waals surface area (Å²) in [5, 5.41) is 7.61. The molecule has 0 saturated heterocycles. The highest BCUT2D eigenvalue weighted by atomic mass is 32.1. The van der Waals surface area contributed by atoms with Gasteiger partial charge in [-0.25, -0.2) is 0 Å². The molecule has 9 rings (SSSR count). The van der Waals surface area contributed by atoms with E-state index in [2.05, 4.69) is 181 Å². The first kappa shape index (κ1) is 26.7. The average molecular weight is 604 g/mol. The molecule has 0 aliphatic heterocycles. The second-order valence-corrected chi connectivity index (χ2v) is 12.9. The van der Waals surface area contributed by atoms with E-state index in [1.165, 1.54) is 64.0 Å². The molecule has 0 saturated carbocycles. The molecule has 0 aliphatic rings. The van der Waals surface area contributed by atoms with Gasteiger partial charge >= 0.3 is 0 Å². The van der Waals surface area contributed by atoms with Crippen molar-refractivity contribution in [2.24, 2.45) is 0 Å². The van der Waals surface area contributed by atoms with Crippen molar-refractivity contribution >= 4 is 70.1 Å². The summed E-state index contributed by atoms with van der Waals surface area (Å²) in [6.45, 7) is 0. The number of fused-ring (bicyclic) bond motifs is 5. The number of benzene rings is 8. The van der Waals surface area contributed by atoms with Crippen LogP contribution in [0.4, 0.5) is 17.1 Å². The van der Waals surface area contributed by atoms with Crippen molar-refractivity contribution in [3.63, 3.8) is 0 Å². The first-order valence-corrected chi connectivity index (χ1v) is 16.5. The van der Waals surface area contributed by atoms with E-state index in [0.717, 1.165) is 17.1 Å². The standard InChI is InChI=1S/C44H29NS/c1-2-12-32-26-38(24-22-30(32)10-1)45(37-17-8-15-35(28-37)40-20-9-13-31-11-3-4-18-39(31)40)36-16-7-14-33(27-36)34-23-25-44-42(29-34)41-19-5-6-21-43(41)46-44/h1-29H. The maximum atomic E-state index is 2.39. The minimum absolute atomic E-state index is 1.12. The summed E-state index contributed by atoms with van der Waals surface area (Å²) in [6.07, 6.45) is 0. The average Bonchev–Trinajstić information content (AvgIpc) is 3.50. The Morgan fingerprint density at radius 1 is 0.326 bits per heavy atom. The number of anilines is 3. The van der Waals surface area contributed by atoms with Gasteiger partial charge in [-0.15, -0.1) is 11.3 Å². The largest absolute Gasteiger partial charge is 0.310 e. The zero-order valence-corrected chi connectivity index (χ0v) is 25.9. The van der Waals surface area contributed by atoms with Crippen molar-refractivity contribution in [3.8, 4) is 22.3 Å². The Labute approximate surface area is 272 Å². The van der Waals surface area contributed by atoms with Crippen molar-refractivity contribution in [2.45, 2.75) is 0 Å². The van der Waals surface area contributed by atoms with E-state index in [4.69, 9.17) is 0 Å². The lowest BCUT2D eigenvalue weighted by Crippen LogP contribution is -2.10. The third-order valence-electron chi connectivity index (χ3n) is 9.01. The monoisotopic (exact) mass is 603 g/mol. The Bertz CT molecular complexity index is 2550. The lowest BCUT2D eigenvalue weighted by Gasteiger charge is -2.27. The van der Waals surface area contributed by atoms with Gasteiger partial charge in [-0.3, -0.25) is 0 Å². The van der Waals surface area contributed by atoms with Crippen molar-refractivity contribution in [2.75, 3.05) is 4.90 Å². The van der Waals surface area contributed by atoms with Gasteiger partial charge in [-0.05, 0) is 98.4 Å². The third kappa shape index (κ3) is 4.63. The SMILES string of the molecule is c1cc(-c2ccc3sc4ccccc4c3c2)cc(N(c2cccc(-c3cccc4ccccc34)c2)c2ccc3ccccc3c2)c1. The van der Waals surface area contributed by atoms with Gasteiger partial charge in [0, 0.05) is 37.2 Å². The topological polar surface area (TPSA) is 3.24 Å². The fourth-order valence-electron chi connectivity index (χ4n) is 6.78. The van der Waals surface area contributed by atoms with Crippen molar-refractivity contribution in [1.82, 2.24) is 0 Å². The van der Waals surface area contributed by atoms with Crippen molar-refractivity contribution in [3.05, 3.63) is 176 Å². The van der Waals surface area contributed by atoms with Gasteiger partial charge in [0.05, 0.1) is 0 Å². The van der Waals surface area contributed by atoms with E-state index in [-0.39, 0.29) is 0 Å². The number of hydrogen-bond donors (Lipinski definition) is 0. The summed E-state index contributed by atoms with van der Waals surface area (Å²) >= 11 is 1.86. The first-order chi connectivity index (χ1) is 22.8. The molecule has 1 heterocycles. The second kappa shape index (κ2) is 11.0. The Morgan fingerprint density at radius 2 is 0.935 bits per heavy atom. The maximum absolute atomic E-state index is 2.39. The zero-order chi connectivity index (χ0) is 30.5. The molecule has 0 unspecified atom stereocenters. The Balaban J connectivity index is 1.21. The van der Waals surface area contributed by atoms with Gasteiger partial charge in [0.15, 0.2) is 0 Å². The molecular weight excluding hydrogens is 575 g/mol. The molecule has 0 amide bonds. The highest BCUT2D eigenvalue weighted by Gasteiger charge is 2.16. The van der Waals surface area contributed by atoms with E-state index in [0.29, 0.717) is 0 Å². The summed E-state index contributed by atoms with van der Waals surface area (Å²) in [6, 6.07) is 64.1. The third-order valence-corrected chi connectivity index (χ3v) is 10.2. The minimum atomic E-state index is 1.12. The van der Waals surface area contributed by atoms with Crippen LogP contribution in [0.3, 0.4) is 0 Å². The molecule has 216 valence electrons. The zero-order valence-electron chi connectivity index (χ0n) is 25.1. The van der Waals surface area contributed by atoms with E-state index >= 15 is 0 Å². The highest BCUT2D eigenvalue weighted by molar-refractivity contribution is 7.25. The van der Waals surface area contributed by atoms with Crippen LogP contribution in [0, 0.1) is 0 Å². The molecule has 8 aromatic carbocycles. The van der Waals surface area contributed by atoms with Gasteiger partial charge < -0.3 is 4.90 Å². The molecule has 9 aromatic rings. The van der Waals surface area contributed by atoms with E-state index in [1.54, 1.807) is 0 Å². The number of hydrogen-bond acceptors (Lipinski definition) is 2. The molecule has 0 N–H and O–H groups in total. The quantitative estimate of drug-likeness (QED) is 0.189. The van der Waals surface area contributed by atoms with Crippen LogP contribution in [-0.2, 0) is 0 Å². The Hall–Kier alpha value is -5.70. The number of rotatable bonds is 5. The Kier molecular flexibility index (Phi) is 6.40. The first-order valence-electron chi connectivity index (χ1n) is 15.7. The second-order valence-electron chi connectivity index (χ2n) is 11.8. The van der Waals surface area contributed by atoms with Gasteiger partial charge in [0.25, 0.3) is 0 Å². The fraction of sp³-hybridized carbons (Fsp3) is 0. The van der Waals surface area contributed by atoms with Crippen LogP contribution < -0.4 is 4.90 Å². The molecule has 0 radical (unpaired) electrons. The molecule has 2 heteroatoms. The highest BCUT2D eigenvalue weighted by Crippen LogP contribution is 2.41. The molecule has 46 heavy (non-hydrogen) atoms. The predicted molar refractivity (Wildman–Crippen MR) is 200 cm³/mol. The van der Waals surface area contributed by atoms with Crippen LogP contribution >= 0.6 is 11.3 Å². The van der Waals surface area contributed by atoms with Crippen LogP contribution in [0.2, 0.25) is 0 Å². The Morgan fingerprint density at radius 3 is 1.80 bits per heavy atom. The molecule has 0 spiro atoms. The van der Waals surface area contributed by atoms with Crippen molar-refractivity contribution in [1.29, 1.82) is 0 Å². The minimum Gasteiger partial charge on any atom is -0.310 e. The van der Waals surface area contributed by atoms with Gasteiger partial charge in [0.2, 0.25) is 0 Å². The number of nitrogens with zero attached hydrogens (tertiary/aromatic N) is 1. The maximum Gasteiger partial charge on any atom is 0.0468 e. The predicted octanol–water partition coefficient (Wildman–Crippen LogP) is 13.2. The molecule has 1 aromatic heterocycles. The molecule has 0 atom stereocenters. The van der Waals surface area contributed by atoms with Gasteiger partial charge in [0.1, 0.15) is 0 Å². The van der Waals surface area contributed by atoms with E-state index < -0.39 is 0 Å². The van der Waals surface area contributed by atoms with Crippen LogP contribution in [0.1, 0.15) is 0 Å². The number of thiophene rings is 1. The van der Waals surface area contributed by atoms with Crippen LogP contribution in [0.15, 0.2) is 176 Å². The molecule has 0 aliphatic carbocycles. The van der Waals surface area contributed by atoms with E-state index in [1.807, 2.05) is 11.3 Å². The van der Waals surface area contributed by atoms with Crippen LogP contribution in [0.25, 0.3) is 64.0 Å². The van der Waals surface area contributed by atoms with Gasteiger partial charge in [-0.2, -0.15) is 0 Å². The molecular formula is C44H29NS. The summed E-state index contributed by atoms with van der Waals surface area (Å²) in [7, 11) is 0. The fourth-order valence-corrected chi connectivity index (χ4v) is 7.87.